The molecule has 3 heterocycles. The van der Waals surface area contributed by atoms with E-state index < -0.39 is 17.7 Å². The molecule has 1 aliphatic rings. The van der Waals surface area contributed by atoms with Crippen molar-refractivity contribution in [3.63, 3.8) is 0 Å². The second-order valence-electron chi connectivity index (χ2n) is 8.89. The lowest BCUT2D eigenvalue weighted by Crippen LogP contribution is -2.48. The number of amides is 1. The highest BCUT2D eigenvalue weighted by molar-refractivity contribution is 6.34. The number of nitrogens with zero attached hydrogens (tertiary/aromatic N) is 7. The molecule has 2 aromatic carbocycles. The Morgan fingerprint density at radius 2 is 1.82 bits per heavy atom. The highest BCUT2D eigenvalue weighted by Crippen LogP contribution is 2.42. The van der Waals surface area contributed by atoms with Crippen LogP contribution in [0.5, 0.6) is 5.75 Å². The minimum atomic E-state index is -1.01. The molecule has 0 radical (unpaired) electrons. The first kappa shape index (κ1) is 26.3. The van der Waals surface area contributed by atoms with Gasteiger partial charge in [0.2, 0.25) is 5.95 Å². The highest BCUT2D eigenvalue weighted by atomic mass is 35.5. The van der Waals surface area contributed by atoms with E-state index >= 15 is 4.39 Å². The minimum absolute atomic E-state index is 0.0417. The third-order valence-electron chi connectivity index (χ3n) is 6.48. The van der Waals surface area contributed by atoms with Gasteiger partial charge in [-0.25, -0.2) is 33.5 Å². The number of carbonyl (C=O) groups is 1. The molecule has 1 saturated heterocycles. The maximum Gasteiger partial charge on any atom is 0.407 e. The smallest absolute Gasteiger partial charge is 0.407 e. The summed E-state index contributed by atoms with van der Waals surface area (Å²) < 4.78 is 36.6. The van der Waals surface area contributed by atoms with Gasteiger partial charge in [0.25, 0.3) is 0 Å². The van der Waals surface area contributed by atoms with Crippen LogP contribution < -0.4 is 14.5 Å². The van der Waals surface area contributed by atoms with Crippen molar-refractivity contribution >= 4 is 40.4 Å². The fourth-order valence-corrected chi connectivity index (χ4v) is 4.85. The molecule has 0 atom stereocenters. The number of methoxy groups -OCH3 is 1. The van der Waals surface area contributed by atoms with Crippen LogP contribution in [-0.4, -0.2) is 76.4 Å². The Morgan fingerprint density at radius 1 is 1.10 bits per heavy atom. The lowest BCUT2D eigenvalue weighted by molar-refractivity contribution is 0.142. The standard InChI is InChI=1S/C26H24ClF2N7O3/c1-34(25-30-7-4-8-31-25)14-19-32-23-15(24(33-19)35-9-11-36(12-10-35)26(37)38)13-16(27)20(22(23)29)21-17(28)5-3-6-18(21)39-2/h3-8,13H,9-12,14H2,1-2H3,(H,37,38). The largest absolute Gasteiger partial charge is 0.496 e. The van der Waals surface area contributed by atoms with Gasteiger partial charge in [-0.15, -0.1) is 0 Å². The molecular weight excluding hydrogens is 532 g/mol. The first-order valence-electron chi connectivity index (χ1n) is 12.0. The Labute approximate surface area is 227 Å². The molecule has 2 aromatic heterocycles. The molecule has 13 heteroatoms. The summed E-state index contributed by atoms with van der Waals surface area (Å²) in [5.41, 5.74) is -0.344. The third kappa shape index (κ3) is 5.07. The molecule has 5 rings (SSSR count). The summed E-state index contributed by atoms with van der Waals surface area (Å²) in [6.07, 6.45) is 2.19. The van der Waals surface area contributed by atoms with Crippen LogP contribution >= 0.6 is 11.6 Å². The van der Waals surface area contributed by atoms with Crippen molar-refractivity contribution in [2.45, 2.75) is 6.54 Å². The predicted molar refractivity (Wildman–Crippen MR) is 142 cm³/mol. The van der Waals surface area contributed by atoms with E-state index in [1.54, 1.807) is 30.4 Å². The van der Waals surface area contributed by atoms with E-state index in [4.69, 9.17) is 21.3 Å². The lowest BCUT2D eigenvalue weighted by Gasteiger charge is -2.34. The van der Waals surface area contributed by atoms with Gasteiger partial charge in [-0.05, 0) is 24.3 Å². The quantitative estimate of drug-likeness (QED) is 0.369. The molecule has 0 bridgehead atoms. The summed E-state index contributed by atoms with van der Waals surface area (Å²) in [6.45, 7) is 1.29. The van der Waals surface area contributed by atoms with E-state index in [1.807, 2.05) is 4.90 Å². The average Bonchev–Trinajstić information content (AvgIpc) is 2.94. The lowest BCUT2D eigenvalue weighted by atomic mass is 10.0. The van der Waals surface area contributed by atoms with Crippen LogP contribution in [0, 0.1) is 11.6 Å². The van der Waals surface area contributed by atoms with Gasteiger partial charge in [-0.2, -0.15) is 0 Å². The molecule has 10 nitrogen and oxygen atoms in total. The van der Waals surface area contributed by atoms with Crippen LogP contribution in [0.3, 0.4) is 0 Å². The number of hydrogen-bond donors (Lipinski definition) is 1. The van der Waals surface area contributed by atoms with Crippen LogP contribution in [0.4, 0.5) is 25.3 Å². The maximum atomic E-state index is 16.3. The summed E-state index contributed by atoms with van der Waals surface area (Å²) in [5.74, 6) is -0.319. The van der Waals surface area contributed by atoms with Crippen molar-refractivity contribution in [2.75, 3.05) is 50.1 Å². The number of benzene rings is 2. The molecule has 1 fully saturated rings. The van der Waals surface area contributed by atoms with Gasteiger partial charge < -0.3 is 24.5 Å². The van der Waals surface area contributed by atoms with Crippen molar-refractivity contribution in [1.29, 1.82) is 0 Å². The summed E-state index contributed by atoms with van der Waals surface area (Å²) in [7, 11) is 3.11. The molecule has 1 amide bonds. The van der Waals surface area contributed by atoms with Crippen LogP contribution in [0.2, 0.25) is 5.02 Å². The number of rotatable bonds is 6. The monoisotopic (exact) mass is 555 g/mol. The van der Waals surface area contributed by atoms with Gasteiger partial charge in [0.1, 0.15) is 22.9 Å². The number of carboxylic acid groups (broad SMARTS) is 1. The fourth-order valence-electron chi connectivity index (χ4n) is 4.56. The Hall–Kier alpha value is -4.32. The Bertz CT molecular complexity index is 1540. The molecule has 0 unspecified atom stereocenters. The normalized spacial score (nSPS) is 13.6. The zero-order valence-corrected chi connectivity index (χ0v) is 21.9. The van der Waals surface area contributed by atoms with Crippen molar-refractivity contribution in [2.24, 2.45) is 0 Å². The van der Waals surface area contributed by atoms with Crippen LogP contribution in [0.1, 0.15) is 5.82 Å². The first-order chi connectivity index (χ1) is 18.8. The summed E-state index contributed by atoms with van der Waals surface area (Å²) in [5, 5.41) is 9.63. The number of fused-ring (bicyclic) bond motifs is 1. The molecule has 4 aromatic rings. The van der Waals surface area contributed by atoms with Gasteiger partial charge in [0.15, 0.2) is 11.6 Å². The zero-order chi connectivity index (χ0) is 27.7. The first-order valence-corrected chi connectivity index (χ1v) is 12.4. The van der Waals surface area contributed by atoms with Gasteiger partial charge in [0.05, 0.1) is 24.2 Å². The molecule has 0 spiro atoms. The number of piperazine rings is 1. The third-order valence-corrected chi connectivity index (χ3v) is 6.77. The van der Waals surface area contributed by atoms with Crippen molar-refractivity contribution in [1.82, 2.24) is 24.8 Å². The topological polar surface area (TPSA) is 108 Å². The molecular formula is C26H24ClF2N7O3. The second-order valence-corrected chi connectivity index (χ2v) is 9.29. The molecule has 0 saturated carbocycles. The van der Waals surface area contributed by atoms with E-state index in [0.717, 1.165) is 0 Å². The fraction of sp³-hybridized carbons (Fsp3) is 0.269. The van der Waals surface area contributed by atoms with E-state index in [-0.39, 0.29) is 52.9 Å². The van der Waals surface area contributed by atoms with Crippen LogP contribution in [0.25, 0.3) is 22.0 Å². The summed E-state index contributed by atoms with van der Waals surface area (Å²) in [6, 6.07) is 7.38. The molecule has 1 N–H and O–H groups in total. The van der Waals surface area contributed by atoms with E-state index in [2.05, 4.69) is 15.0 Å². The molecule has 39 heavy (non-hydrogen) atoms. The Morgan fingerprint density at radius 3 is 2.49 bits per heavy atom. The minimum Gasteiger partial charge on any atom is -0.496 e. The van der Waals surface area contributed by atoms with Crippen LogP contribution in [0.15, 0.2) is 42.7 Å². The van der Waals surface area contributed by atoms with Gasteiger partial charge in [0, 0.05) is 56.6 Å². The number of aromatic nitrogens is 4. The van der Waals surface area contributed by atoms with E-state index in [9.17, 15) is 14.3 Å². The maximum absolute atomic E-state index is 16.3. The van der Waals surface area contributed by atoms with Crippen LogP contribution in [-0.2, 0) is 6.54 Å². The van der Waals surface area contributed by atoms with Crippen molar-refractivity contribution in [3.05, 3.63) is 65.2 Å². The second kappa shape index (κ2) is 10.8. The van der Waals surface area contributed by atoms with Gasteiger partial charge >= 0.3 is 6.09 Å². The Balaban J connectivity index is 1.67. The van der Waals surface area contributed by atoms with E-state index in [1.165, 1.54) is 36.3 Å². The number of hydrogen-bond acceptors (Lipinski definition) is 8. The summed E-state index contributed by atoms with van der Waals surface area (Å²) >= 11 is 6.58. The van der Waals surface area contributed by atoms with Gasteiger partial charge in [-0.1, -0.05) is 17.7 Å². The van der Waals surface area contributed by atoms with Gasteiger partial charge in [-0.3, -0.25) is 0 Å². The SMILES string of the molecule is COc1cccc(F)c1-c1c(Cl)cc2c(N3CCN(C(=O)O)CC3)nc(CN(C)c3ncccn3)nc2c1F. The number of ether oxygens (including phenoxy) is 1. The average molecular weight is 556 g/mol. The van der Waals surface area contributed by atoms with Crippen molar-refractivity contribution < 1.29 is 23.4 Å². The molecule has 0 aliphatic carbocycles. The van der Waals surface area contributed by atoms with Crippen molar-refractivity contribution in [3.8, 4) is 16.9 Å². The number of anilines is 2. The predicted octanol–water partition coefficient (Wildman–Crippen LogP) is 4.46. The Kier molecular flexibility index (Phi) is 7.29. The summed E-state index contributed by atoms with van der Waals surface area (Å²) in [4.78, 5) is 34.0. The molecule has 202 valence electrons. The highest BCUT2D eigenvalue weighted by Gasteiger charge is 2.28. The van der Waals surface area contributed by atoms with E-state index in [0.29, 0.717) is 30.2 Å². The molecule has 1 aliphatic heterocycles. The number of halogens is 3. The zero-order valence-electron chi connectivity index (χ0n) is 21.1.